The second kappa shape index (κ2) is 8.45. The smallest absolute Gasteiger partial charge is 0.282 e. The SMILES string of the molecule is COc1ccc(N2C(=O)C(Nc3ccc(NC(C)=O)cc3)=C(c3cccs3)C2=O)cc1. The molecule has 0 radical (unpaired) electrons. The van der Waals surface area contributed by atoms with Crippen molar-refractivity contribution in [3.63, 3.8) is 0 Å². The van der Waals surface area contributed by atoms with Crippen LogP contribution in [0.2, 0.25) is 0 Å². The van der Waals surface area contributed by atoms with Gasteiger partial charge in [-0.2, -0.15) is 0 Å². The fourth-order valence-corrected chi connectivity index (χ4v) is 4.01. The third kappa shape index (κ3) is 4.06. The van der Waals surface area contributed by atoms with Crippen LogP contribution in [0.5, 0.6) is 5.75 Å². The molecule has 0 aliphatic carbocycles. The van der Waals surface area contributed by atoms with Crippen molar-refractivity contribution >= 4 is 51.7 Å². The minimum atomic E-state index is -0.440. The number of carbonyl (C=O) groups is 3. The van der Waals surface area contributed by atoms with Gasteiger partial charge in [0, 0.05) is 23.2 Å². The quantitative estimate of drug-likeness (QED) is 0.571. The predicted molar refractivity (Wildman–Crippen MR) is 121 cm³/mol. The zero-order valence-corrected chi connectivity index (χ0v) is 17.7. The highest BCUT2D eigenvalue weighted by Crippen LogP contribution is 2.36. The molecule has 7 nitrogen and oxygen atoms in total. The average Bonchev–Trinajstić information content (AvgIpc) is 3.36. The number of amides is 3. The minimum Gasteiger partial charge on any atom is -0.497 e. The number of ether oxygens (including phenoxy) is 1. The summed E-state index contributed by atoms with van der Waals surface area (Å²) in [5, 5.41) is 7.65. The van der Waals surface area contributed by atoms with Crippen LogP contribution >= 0.6 is 11.3 Å². The third-order valence-corrected chi connectivity index (χ3v) is 5.54. The third-order valence-electron chi connectivity index (χ3n) is 4.66. The highest BCUT2D eigenvalue weighted by Gasteiger charge is 2.40. The van der Waals surface area contributed by atoms with Crippen molar-refractivity contribution < 1.29 is 19.1 Å². The molecule has 0 saturated carbocycles. The lowest BCUT2D eigenvalue weighted by molar-refractivity contribution is -0.120. The molecule has 31 heavy (non-hydrogen) atoms. The van der Waals surface area contributed by atoms with Gasteiger partial charge < -0.3 is 15.4 Å². The Labute approximate surface area is 183 Å². The van der Waals surface area contributed by atoms with Crippen molar-refractivity contribution in [1.82, 2.24) is 0 Å². The van der Waals surface area contributed by atoms with Crippen LogP contribution in [0.4, 0.5) is 17.1 Å². The largest absolute Gasteiger partial charge is 0.497 e. The molecule has 0 fully saturated rings. The van der Waals surface area contributed by atoms with Crippen LogP contribution in [0.3, 0.4) is 0 Å². The number of thiophene rings is 1. The molecule has 3 amide bonds. The second-order valence-electron chi connectivity index (χ2n) is 6.75. The minimum absolute atomic E-state index is 0.171. The van der Waals surface area contributed by atoms with Crippen LogP contribution in [0.15, 0.2) is 71.7 Å². The zero-order chi connectivity index (χ0) is 22.0. The summed E-state index contributed by atoms with van der Waals surface area (Å²) in [5.74, 6) is -0.374. The van der Waals surface area contributed by atoms with Crippen LogP contribution in [0, 0.1) is 0 Å². The van der Waals surface area contributed by atoms with Crippen molar-refractivity contribution in [2.45, 2.75) is 6.92 Å². The lowest BCUT2D eigenvalue weighted by atomic mass is 10.2. The van der Waals surface area contributed by atoms with Gasteiger partial charge in [-0.1, -0.05) is 6.07 Å². The molecule has 156 valence electrons. The van der Waals surface area contributed by atoms with E-state index in [-0.39, 0.29) is 11.6 Å². The van der Waals surface area contributed by atoms with E-state index < -0.39 is 11.8 Å². The molecule has 0 spiro atoms. The van der Waals surface area contributed by atoms with Crippen molar-refractivity contribution in [2.24, 2.45) is 0 Å². The molecule has 0 atom stereocenters. The van der Waals surface area contributed by atoms with Crippen LogP contribution < -0.4 is 20.3 Å². The predicted octanol–water partition coefficient (Wildman–Crippen LogP) is 4.11. The molecule has 0 bridgehead atoms. The van der Waals surface area contributed by atoms with E-state index in [4.69, 9.17) is 4.74 Å². The molecule has 1 aromatic heterocycles. The topological polar surface area (TPSA) is 87.7 Å². The van der Waals surface area contributed by atoms with E-state index in [2.05, 4.69) is 10.6 Å². The Hall–Kier alpha value is -3.91. The number of rotatable bonds is 6. The fraction of sp³-hybridized carbons (Fsp3) is 0.0870. The number of hydrogen-bond acceptors (Lipinski definition) is 6. The van der Waals surface area contributed by atoms with Crippen molar-refractivity contribution in [3.8, 4) is 5.75 Å². The van der Waals surface area contributed by atoms with Gasteiger partial charge in [0.15, 0.2) is 0 Å². The number of hydrogen-bond donors (Lipinski definition) is 2. The van der Waals surface area contributed by atoms with E-state index in [0.717, 1.165) is 4.90 Å². The summed E-state index contributed by atoms with van der Waals surface area (Å²) in [5.41, 5.74) is 2.25. The first-order valence-corrected chi connectivity index (χ1v) is 10.3. The number of nitrogens with zero attached hydrogens (tertiary/aromatic N) is 1. The van der Waals surface area contributed by atoms with Gasteiger partial charge in [0.05, 0.1) is 18.4 Å². The van der Waals surface area contributed by atoms with Gasteiger partial charge in [0.25, 0.3) is 11.8 Å². The molecule has 2 aromatic carbocycles. The maximum Gasteiger partial charge on any atom is 0.282 e. The van der Waals surface area contributed by atoms with Gasteiger partial charge in [-0.25, -0.2) is 4.90 Å². The number of benzene rings is 2. The van der Waals surface area contributed by atoms with Gasteiger partial charge >= 0.3 is 0 Å². The van der Waals surface area contributed by atoms with Gasteiger partial charge in [-0.3, -0.25) is 14.4 Å². The molecule has 3 aromatic rings. The molecule has 2 heterocycles. The number of methoxy groups -OCH3 is 1. The Morgan fingerprint density at radius 3 is 2.19 bits per heavy atom. The van der Waals surface area contributed by atoms with E-state index >= 15 is 0 Å². The van der Waals surface area contributed by atoms with Gasteiger partial charge in [0.1, 0.15) is 11.4 Å². The van der Waals surface area contributed by atoms with Crippen LogP contribution in [-0.2, 0) is 14.4 Å². The first kappa shape index (κ1) is 20.4. The first-order chi connectivity index (χ1) is 15.0. The Morgan fingerprint density at radius 2 is 1.61 bits per heavy atom. The fourth-order valence-electron chi connectivity index (χ4n) is 3.25. The molecule has 4 rings (SSSR count). The summed E-state index contributed by atoms with van der Waals surface area (Å²) >= 11 is 1.39. The van der Waals surface area contributed by atoms with Crippen molar-refractivity contribution in [3.05, 3.63) is 76.6 Å². The molecule has 0 saturated heterocycles. The molecule has 1 aliphatic rings. The number of carbonyl (C=O) groups excluding carboxylic acids is 3. The highest BCUT2D eigenvalue weighted by atomic mass is 32.1. The summed E-state index contributed by atoms with van der Waals surface area (Å²) < 4.78 is 5.16. The van der Waals surface area contributed by atoms with E-state index in [9.17, 15) is 14.4 Å². The van der Waals surface area contributed by atoms with Gasteiger partial charge in [0.2, 0.25) is 5.91 Å². The van der Waals surface area contributed by atoms with Gasteiger partial charge in [-0.15, -0.1) is 11.3 Å². The Morgan fingerprint density at radius 1 is 0.935 bits per heavy atom. The second-order valence-corrected chi connectivity index (χ2v) is 7.70. The summed E-state index contributed by atoms with van der Waals surface area (Å²) in [4.78, 5) is 39.6. The molecular weight excluding hydrogens is 414 g/mol. The van der Waals surface area contributed by atoms with E-state index in [0.29, 0.717) is 33.3 Å². The van der Waals surface area contributed by atoms with Crippen LogP contribution in [0.25, 0.3) is 5.57 Å². The maximum absolute atomic E-state index is 13.3. The normalized spacial score (nSPS) is 13.5. The maximum atomic E-state index is 13.3. The highest BCUT2D eigenvalue weighted by molar-refractivity contribution is 7.11. The summed E-state index contributed by atoms with van der Waals surface area (Å²) in [6.45, 7) is 1.43. The molecule has 2 N–H and O–H groups in total. The number of imide groups is 1. The monoisotopic (exact) mass is 433 g/mol. The van der Waals surface area contributed by atoms with Crippen LogP contribution in [-0.4, -0.2) is 24.8 Å². The zero-order valence-electron chi connectivity index (χ0n) is 16.8. The van der Waals surface area contributed by atoms with Crippen LogP contribution in [0.1, 0.15) is 11.8 Å². The number of nitrogens with one attached hydrogen (secondary N) is 2. The molecular formula is C23H19N3O4S. The van der Waals surface area contributed by atoms with E-state index in [1.807, 2.05) is 17.5 Å². The lowest BCUT2D eigenvalue weighted by Gasteiger charge is -2.16. The van der Waals surface area contributed by atoms with Crippen molar-refractivity contribution in [1.29, 1.82) is 0 Å². The first-order valence-electron chi connectivity index (χ1n) is 9.43. The molecule has 0 unspecified atom stereocenters. The van der Waals surface area contributed by atoms with E-state index in [1.54, 1.807) is 55.6 Å². The van der Waals surface area contributed by atoms with Gasteiger partial charge in [-0.05, 0) is 60.0 Å². The van der Waals surface area contributed by atoms with E-state index in [1.165, 1.54) is 18.3 Å². The Balaban J connectivity index is 1.69. The number of anilines is 3. The Bertz CT molecular complexity index is 1170. The van der Waals surface area contributed by atoms with Crippen molar-refractivity contribution in [2.75, 3.05) is 22.6 Å². The lowest BCUT2D eigenvalue weighted by Crippen LogP contribution is -2.32. The standard InChI is InChI=1S/C23H19N3O4S/c1-14(27)24-15-5-7-16(8-6-15)25-21-20(19-4-3-13-31-19)22(28)26(23(21)29)17-9-11-18(30-2)12-10-17/h3-13,25H,1-2H3,(H,24,27). The molecule has 8 heteroatoms. The summed E-state index contributed by atoms with van der Waals surface area (Å²) in [6, 6.07) is 17.3. The Kier molecular flexibility index (Phi) is 5.55. The summed E-state index contributed by atoms with van der Waals surface area (Å²) in [6.07, 6.45) is 0. The summed E-state index contributed by atoms with van der Waals surface area (Å²) in [7, 11) is 1.55. The average molecular weight is 433 g/mol. The molecule has 1 aliphatic heterocycles.